The summed E-state index contributed by atoms with van der Waals surface area (Å²) in [5, 5.41) is 2.76. The van der Waals surface area contributed by atoms with Gasteiger partial charge in [0.2, 0.25) is 5.91 Å². The van der Waals surface area contributed by atoms with E-state index in [1.165, 1.54) is 6.07 Å². The van der Waals surface area contributed by atoms with Gasteiger partial charge in [0.15, 0.2) is 0 Å². The number of benzene rings is 2. The van der Waals surface area contributed by atoms with Crippen molar-refractivity contribution < 1.29 is 9.18 Å². The monoisotopic (exact) mass is 286 g/mol. The number of nitrogens with two attached hydrogens (primary N) is 1. The molecule has 0 aliphatic carbocycles. The summed E-state index contributed by atoms with van der Waals surface area (Å²) in [5.74, 6) is -0.397. The molecule has 3 nitrogen and oxygen atoms in total. The average Bonchev–Trinajstić information content (AvgIpc) is 2.49. The van der Waals surface area contributed by atoms with Gasteiger partial charge in [-0.05, 0) is 42.7 Å². The first-order valence-corrected chi connectivity index (χ1v) is 6.93. The van der Waals surface area contributed by atoms with Gasteiger partial charge >= 0.3 is 0 Å². The number of nitrogens with one attached hydrogen (secondary N) is 1. The second-order valence-electron chi connectivity index (χ2n) is 5.07. The normalized spacial score (nSPS) is 12.0. The van der Waals surface area contributed by atoms with Crippen LogP contribution in [0.1, 0.15) is 30.0 Å². The molecule has 110 valence electrons. The molecule has 0 fully saturated rings. The van der Waals surface area contributed by atoms with Gasteiger partial charge in [-0.25, -0.2) is 4.39 Å². The lowest BCUT2D eigenvalue weighted by Gasteiger charge is -2.12. The highest BCUT2D eigenvalue weighted by molar-refractivity contribution is 5.90. The molecule has 1 amide bonds. The van der Waals surface area contributed by atoms with Crippen molar-refractivity contribution in [3.8, 4) is 0 Å². The molecule has 21 heavy (non-hydrogen) atoms. The Morgan fingerprint density at radius 3 is 2.62 bits per heavy atom. The van der Waals surface area contributed by atoms with E-state index in [4.69, 9.17) is 5.73 Å². The maximum atomic E-state index is 13.1. The minimum atomic E-state index is -0.279. The molecule has 0 bridgehead atoms. The zero-order valence-corrected chi connectivity index (χ0v) is 12.0. The zero-order chi connectivity index (χ0) is 15.2. The summed E-state index contributed by atoms with van der Waals surface area (Å²) >= 11 is 0. The van der Waals surface area contributed by atoms with Gasteiger partial charge < -0.3 is 11.1 Å². The van der Waals surface area contributed by atoms with Crippen molar-refractivity contribution in [1.29, 1.82) is 0 Å². The van der Waals surface area contributed by atoms with Crippen LogP contribution in [0, 0.1) is 12.7 Å². The Bertz CT molecular complexity index is 613. The van der Waals surface area contributed by atoms with Gasteiger partial charge in [-0.3, -0.25) is 4.79 Å². The Balaban J connectivity index is 1.86. The lowest BCUT2D eigenvalue weighted by Crippen LogP contribution is -2.16. The molecule has 0 saturated carbocycles. The van der Waals surface area contributed by atoms with Crippen LogP contribution in [0.4, 0.5) is 10.1 Å². The molecule has 0 heterocycles. The SMILES string of the molecule is Cc1cc(NC(=O)CCC(N)c2ccccc2)ccc1F. The number of hydrogen-bond donors (Lipinski definition) is 2. The van der Waals surface area contributed by atoms with Gasteiger partial charge in [-0.15, -0.1) is 0 Å². The maximum absolute atomic E-state index is 13.1. The van der Waals surface area contributed by atoms with Gasteiger partial charge in [-0.1, -0.05) is 30.3 Å². The summed E-state index contributed by atoms with van der Waals surface area (Å²) in [5.41, 5.74) is 8.18. The summed E-state index contributed by atoms with van der Waals surface area (Å²) in [6.07, 6.45) is 0.891. The van der Waals surface area contributed by atoms with E-state index in [1.807, 2.05) is 30.3 Å². The summed E-state index contributed by atoms with van der Waals surface area (Å²) in [6, 6.07) is 14.0. The molecule has 4 heteroatoms. The number of aryl methyl sites for hydroxylation is 1. The quantitative estimate of drug-likeness (QED) is 0.883. The first kappa shape index (κ1) is 15.2. The lowest BCUT2D eigenvalue weighted by molar-refractivity contribution is -0.116. The van der Waals surface area contributed by atoms with Crippen LogP contribution >= 0.6 is 0 Å². The Morgan fingerprint density at radius 2 is 1.95 bits per heavy atom. The fourth-order valence-corrected chi connectivity index (χ4v) is 2.10. The van der Waals surface area contributed by atoms with E-state index in [-0.39, 0.29) is 17.8 Å². The summed E-state index contributed by atoms with van der Waals surface area (Å²) in [4.78, 5) is 11.9. The molecule has 1 unspecified atom stereocenters. The van der Waals surface area contributed by atoms with E-state index in [9.17, 15) is 9.18 Å². The van der Waals surface area contributed by atoms with Crippen molar-refractivity contribution in [3.05, 3.63) is 65.5 Å². The van der Waals surface area contributed by atoms with Gasteiger partial charge in [0.05, 0.1) is 0 Å². The molecule has 1 atom stereocenters. The highest BCUT2D eigenvalue weighted by atomic mass is 19.1. The van der Waals surface area contributed by atoms with E-state index in [1.54, 1.807) is 19.1 Å². The van der Waals surface area contributed by atoms with Crippen molar-refractivity contribution in [2.24, 2.45) is 5.73 Å². The zero-order valence-electron chi connectivity index (χ0n) is 12.0. The van der Waals surface area contributed by atoms with Gasteiger partial charge in [0.25, 0.3) is 0 Å². The first-order valence-electron chi connectivity index (χ1n) is 6.93. The highest BCUT2D eigenvalue weighted by Crippen LogP contribution is 2.17. The molecule has 0 aliphatic heterocycles. The van der Waals surface area contributed by atoms with Crippen LogP contribution in [-0.4, -0.2) is 5.91 Å². The van der Waals surface area contributed by atoms with E-state index in [2.05, 4.69) is 5.32 Å². The van der Waals surface area contributed by atoms with E-state index < -0.39 is 0 Å². The minimum Gasteiger partial charge on any atom is -0.326 e. The molecule has 0 aromatic heterocycles. The molecule has 0 radical (unpaired) electrons. The number of anilines is 1. The lowest BCUT2D eigenvalue weighted by atomic mass is 10.0. The fraction of sp³-hybridized carbons (Fsp3) is 0.235. The topological polar surface area (TPSA) is 55.1 Å². The molecule has 0 spiro atoms. The predicted octanol–water partition coefficient (Wildman–Crippen LogP) is 3.55. The highest BCUT2D eigenvalue weighted by Gasteiger charge is 2.09. The largest absolute Gasteiger partial charge is 0.326 e. The molecule has 0 saturated heterocycles. The Kier molecular flexibility index (Phi) is 5.06. The van der Waals surface area contributed by atoms with E-state index in [0.717, 1.165) is 5.56 Å². The summed E-state index contributed by atoms with van der Waals surface area (Å²) < 4.78 is 13.1. The molecule has 0 aliphatic rings. The van der Waals surface area contributed by atoms with Crippen molar-refractivity contribution >= 4 is 11.6 Å². The maximum Gasteiger partial charge on any atom is 0.224 e. The van der Waals surface area contributed by atoms with Crippen molar-refractivity contribution in [3.63, 3.8) is 0 Å². The summed E-state index contributed by atoms with van der Waals surface area (Å²) in [7, 11) is 0. The van der Waals surface area contributed by atoms with E-state index >= 15 is 0 Å². The summed E-state index contributed by atoms with van der Waals surface area (Å²) in [6.45, 7) is 1.66. The molecular formula is C17H19FN2O. The van der Waals surface area contributed by atoms with Gasteiger partial charge in [0, 0.05) is 18.2 Å². The first-order chi connectivity index (χ1) is 10.1. The molecule has 2 aromatic rings. The van der Waals surface area contributed by atoms with Crippen molar-refractivity contribution in [2.45, 2.75) is 25.8 Å². The Morgan fingerprint density at radius 1 is 1.24 bits per heavy atom. The predicted molar refractivity (Wildman–Crippen MR) is 82.4 cm³/mol. The average molecular weight is 286 g/mol. The number of carbonyl (C=O) groups excluding carboxylic acids is 1. The smallest absolute Gasteiger partial charge is 0.224 e. The second-order valence-corrected chi connectivity index (χ2v) is 5.07. The van der Waals surface area contributed by atoms with Crippen LogP contribution in [0.5, 0.6) is 0 Å². The van der Waals surface area contributed by atoms with Crippen LogP contribution in [0.15, 0.2) is 48.5 Å². The third-order valence-electron chi connectivity index (χ3n) is 3.35. The number of amides is 1. The van der Waals surface area contributed by atoms with Crippen LogP contribution in [0.3, 0.4) is 0 Å². The number of halogens is 1. The number of rotatable bonds is 5. The van der Waals surface area contributed by atoms with Crippen LogP contribution in [0.2, 0.25) is 0 Å². The molecule has 2 rings (SSSR count). The van der Waals surface area contributed by atoms with Crippen molar-refractivity contribution in [1.82, 2.24) is 0 Å². The molecule has 3 N–H and O–H groups in total. The number of carbonyl (C=O) groups is 1. The van der Waals surface area contributed by atoms with Crippen LogP contribution in [0.25, 0.3) is 0 Å². The van der Waals surface area contributed by atoms with Gasteiger partial charge in [-0.2, -0.15) is 0 Å². The van der Waals surface area contributed by atoms with Gasteiger partial charge in [0.1, 0.15) is 5.82 Å². The molecule has 2 aromatic carbocycles. The standard InChI is InChI=1S/C17H19FN2O/c1-12-11-14(7-8-15(12)18)20-17(21)10-9-16(19)13-5-3-2-4-6-13/h2-8,11,16H,9-10,19H2,1H3,(H,20,21). The van der Waals surface area contributed by atoms with E-state index in [0.29, 0.717) is 24.1 Å². The minimum absolute atomic E-state index is 0.118. The fourth-order valence-electron chi connectivity index (χ4n) is 2.10. The second kappa shape index (κ2) is 6.99. The third-order valence-corrected chi connectivity index (χ3v) is 3.35. The number of hydrogen-bond acceptors (Lipinski definition) is 2. The Labute approximate surface area is 124 Å². The third kappa shape index (κ3) is 4.39. The van der Waals surface area contributed by atoms with Crippen molar-refractivity contribution in [2.75, 3.05) is 5.32 Å². The van der Waals surface area contributed by atoms with Crippen LogP contribution in [-0.2, 0) is 4.79 Å². The van der Waals surface area contributed by atoms with Crippen LogP contribution < -0.4 is 11.1 Å². The Hall–Kier alpha value is -2.20. The molecular weight excluding hydrogens is 267 g/mol.